The lowest BCUT2D eigenvalue weighted by Gasteiger charge is -2.23. The van der Waals surface area contributed by atoms with Crippen LogP contribution in [0.5, 0.6) is 0 Å². The number of carbonyl (C=O) groups is 1. The van der Waals surface area contributed by atoms with Crippen molar-refractivity contribution in [2.24, 2.45) is 0 Å². The number of thiophene rings is 1. The Labute approximate surface area is 119 Å². The number of thiazole rings is 1. The largest absolute Gasteiger partial charge is 0.464 e. The molecule has 0 saturated carbocycles. The number of anilines is 1. The maximum atomic E-state index is 11.4. The molecule has 0 saturated heterocycles. The van der Waals surface area contributed by atoms with Crippen LogP contribution >= 0.6 is 22.7 Å². The number of carbonyl (C=O) groups excluding carboxylic acids is 1. The summed E-state index contributed by atoms with van der Waals surface area (Å²) in [7, 11) is 1.37. The van der Waals surface area contributed by atoms with Crippen molar-refractivity contribution in [3.63, 3.8) is 0 Å². The van der Waals surface area contributed by atoms with Gasteiger partial charge in [-0.1, -0.05) is 0 Å². The second kappa shape index (κ2) is 5.30. The van der Waals surface area contributed by atoms with Gasteiger partial charge in [-0.05, 0) is 36.3 Å². The monoisotopic (exact) mass is 294 g/mol. The summed E-state index contributed by atoms with van der Waals surface area (Å²) in [6, 6.07) is 2.50. The number of nitrogens with zero attached hydrogens (tertiary/aromatic N) is 1. The average Bonchev–Trinajstić information content (AvgIpc) is 3.07. The zero-order valence-electron chi connectivity index (χ0n) is 10.5. The van der Waals surface area contributed by atoms with Crippen molar-refractivity contribution < 1.29 is 9.53 Å². The normalized spacial score (nSPS) is 17.8. The lowest BCUT2D eigenvalue weighted by Crippen LogP contribution is -2.15. The Kier molecular flexibility index (Phi) is 3.52. The highest BCUT2D eigenvalue weighted by Crippen LogP contribution is 2.36. The fourth-order valence-corrected chi connectivity index (χ4v) is 4.04. The van der Waals surface area contributed by atoms with Gasteiger partial charge in [-0.2, -0.15) is 0 Å². The summed E-state index contributed by atoms with van der Waals surface area (Å²) in [5, 5.41) is 8.08. The first-order chi connectivity index (χ1) is 9.28. The number of aryl methyl sites for hydroxylation is 1. The van der Waals surface area contributed by atoms with Gasteiger partial charge in [-0.25, -0.2) is 9.78 Å². The summed E-state index contributed by atoms with van der Waals surface area (Å²) in [5.41, 5.74) is 1.75. The van der Waals surface area contributed by atoms with E-state index in [0.717, 1.165) is 11.6 Å². The Morgan fingerprint density at radius 3 is 3.26 bits per heavy atom. The highest BCUT2D eigenvalue weighted by atomic mass is 32.1. The molecule has 0 spiro atoms. The number of ether oxygens (including phenoxy) is 1. The molecule has 2 heterocycles. The van der Waals surface area contributed by atoms with Crippen molar-refractivity contribution in [3.05, 3.63) is 33.0 Å². The number of rotatable bonds is 3. The molecule has 6 heteroatoms. The third-order valence-corrected chi connectivity index (χ3v) is 5.02. The van der Waals surface area contributed by atoms with Gasteiger partial charge in [0.1, 0.15) is 0 Å². The summed E-state index contributed by atoms with van der Waals surface area (Å²) in [6.07, 6.45) is 3.48. The lowest BCUT2D eigenvalue weighted by molar-refractivity contribution is 0.0595. The Bertz CT molecular complexity index is 591. The summed E-state index contributed by atoms with van der Waals surface area (Å²) >= 11 is 3.27. The molecule has 0 fully saturated rings. The molecule has 4 nitrogen and oxygen atoms in total. The molecule has 19 heavy (non-hydrogen) atoms. The fraction of sp³-hybridized carbons (Fsp3) is 0.385. The molecule has 0 aromatic carbocycles. The van der Waals surface area contributed by atoms with E-state index in [9.17, 15) is 4.79 Å². The van der Waals surface area contributed by atoms with E-state index in [-0.39, 0.29) is 5.97 Å². The molecule has 1 unspecified atom stereocenters. The van der Waals surface area contributed by atoms with E-state index in [1.54, 1.807) is 5.38 Å². The zero-order valence-corrected chi connectivity index (χ0v) is 12.1. The number of hydrogen-bond acceptors (Lipinski definition) is 6. The summed E-state index contributed by atoms with van der Waals surface area (Å²) < 4.78 is 4.66. The molecule has 1 aliphatic carbocycles. The van der Waals surface area contributed by atoms with Crippen molar-refractivity contribution in [2.45, 2.75) is 25.3 Å². The van der Waals surface area contributed by atoms with Crippen LogP contribution in [0.1, 0.15) is 39.8 Å². The number of esters is 1. The van der Waals surface area contributed by atoms with Crippen LogP contribution in [-0.2, 0) is 11.2 Å². The Morgan fingerprint density at radius 1 is 1.53 bits per heavy atom. The minimum atomic E-state index is -0.385. The molecule has 0 aliphatic heterocycles. The van der Waals surface area contributed by atoms with Gasteiger partial charge in [0.25, 0.3) is 0 Å². The molecular formula is C13H14N2O2S2. The molecule has 0 amide bonds. The first kappa shape index (κ1) is 12.6. The van der Waals surface area contributed by atoms with E-state index in [4.69, 9.17) is 0 Å². The van der Waals surface area contributed by atoms with Crippen LogP contribution in [0.3, 0.4) is 0 Å². The maximum Gasteiger partial charge on any atom is 0.357 e. The molecule has 1 aliphatic rings. The molecule has 2 aromatic rings. The van der Waals surface area contributed by atoms with Crippen LogP contribution in [0, 0.1) is 0 Å². The third-order valence-electron chi connectivity index (χ3n) is 3.25. The smallest absolute Gasteiger partial charge is 0.357 e. The van der Waals surface area contributed by atoms with E-state index in [1.807, 2.05) is 11.3 Å². The van der Waals surface area contributed by atoms with Crippen LogP contribution in [0.4, 0.5) is 5.13 Å². The predicted molar refractivity (Wildman–Crippen MR) is 77.1 cm³/mol. The van der Waals surface area contributed by atoms with E-state index in [0.29, 0.717) is 11.7 Å². The van der Waals surface area contributed by atoms with Crippen molar-refractivity contribution in [2.75, 3.05) is 12.4 Å². The van der Waals surface area contributed by atoms with Gasteiger partial charge in [0.2, 0.25) is 0 Å². The SMILES string of the molecule is COC(=O)c1csc(NC2CCCc3sccc32)n1. The standard InChI is InChI=1S/C13H14N2O2S2/c1-17-12(16)10-7-19-13(15-10)14-9-3-2-4-11-8(9)5-6-18-11/h5-7,9H,2-4H2,1H3,(H,14,15). The van der Waals surface area contributed by atoms with Crippen molar-refractivity contribution in [1.82, 2.24) is 4.98 Å². The van der Waals surface area contributed by atoms with E-state index in [2.05, 4.69) is 26.5 Å². The average molecular weight is 294 g/mol. The Balaban J connectivity index is 1.76. The Hall–Kier alpha value is -1.40. The van der Waals surface area contributed by atoms with Crippen molar-refractivity contribution >= 4 is 33.8 Å². The van der Waals surface area contributed by atoms with Gasteiger partial charge in [-0.3, -0.25) is 0 Å². The van der Waals surface area contributed by atoms with Crippen LogP contribution in [0.25, 0.3) is 0 Å². The van der Waals surface area contributed by atoms with Gasteiger partial charge >= 0.3 is 5.97 Å². The quantitative estimate of drug-likeness (QED) is 0.881. The summed E-state index contributed by atoms with van der Waals surface area (Å²) in [6.45, 7) is 0. The van der Waals surface area contributed by atoms with E-state index < -0.39 is 0 Å². The molecule has 100 valence electrons. The number of aromatic nitrogens is 1. The van der Waals surface area contributed by atoms with Gasteiger partial charge < -0.3 is 10.1 Å². The third kappa shape index (κ3) is 2.50. The predicted octanol–water partition coefficient (Wildman–Crippen LogP) is 3.48. The highest BCUT2D eigenvalue weighted by Gasteiger charge is 2.22. The van der Waals surface area contributed by atoms with Crippen molar-refractivity contribution in [3.8, 4) is 0 Å². The van der Waals surface area contributed by atoms with Crippen LogP contribution in [0.2, 0.25) is 0 Å². The summed E-state index contributed by atoms with van der Waals surface area (Å²) in [5.74, 6) is -0.385. The first-order valence-corrected chi connectivity index (χ1v) is 7.90. The number of methoxy groups -OCH3 is 1. The molecular weight excluding hydrogens is 280 g/mol. The molecule has 1 atom stereocenters. The number of hydrogen-bond donors (Lipinski definition) is 1. The Morgan fingerprint density at radius 2 is 2.42 bits per heavy atom. The lowest BCUT2D eigenvalue weighted by atomic mass is 9.94. The zero-order chi connectivity index (χ0) is 13.2. The fourth-order valence-electron chi connectivity index (χ4n) is 2.32. The van der Waals surface area contributed by atoms with Crippen LogP contribution in [-0.4, -0.2) is 18.1 Å². The minimum Gasteiger partial charge on any atom is -0.464 e. The molecule has 2 aromatic heterocycles. The molecule has 0 bridgehead atoms. The second-order valence-electron chi connectivity index (χ2n) is 4.42. The van der Waals surface area contributed by atoms with Gasteiger partial charge in [0.05, 0.1) is 13.2 Å². The molecule has 1 N–H and O–H groups in total. The molecule has 0 radical (unpaired) electrons. The maximum absolute atomic E-state index is 11.4. The van der Waals surface area contributed by atoms with Gasteiger partial charge in [0, 0.05) is 10.3 Å². The summed E-state index contributed by atoms with van der Waals surface area (Å²) in [4.78, 5) is 17.1. The number of fused-ring (bicyclic) bond motifs is 1. The topological polar surface area (TPSA) is 51.2 Å². The van der Waals surface area contributed by atoms with Gasteiger partial charge in [-0.15, -0.1) is 22.7 Å². The van der Waals surface area contributed by atoms with Crippen LogP contribution < -0.4 is 5.32 Å². The van der Waals surface area contributed by atoms with E-state index in [1.165, 1.54) is 41.7 Å². The number of nitrogens with one attached hydrogen (secondary N) is 1. The minimum absolute atomic E-state index is 0.312. The van der Waals surface area contributed by atoms with Crippen molar-refractivity contribution in [1.29, 1.82) is 0 Å². The van der Waals surface area contributed by atoms with Gasteiger partial charge in [0.15, 0.2) is 10.8 Å². The van der Waals surface area contributed by atoms with E-state index >= 15 is 0 Å². The van der Waals surface area contributed by atoms with Crippen LogP contribution in [0.15, 0.2) is 16.8 Å². The first-order valence-electron chi connectivity index (χ1n) is 6.14. The highest BCUT2D eigenvalue weighted by molar-refractivity contribution is 7.13. The molecule has 3 rings (SSSR count). The second-order valence-corrected chi connectivity index (χ2v) is 6.28.